The van der Waals surface area contributed by atoms with Gasteiger partial charge in [0.2, 0.25) is 0 Å². The summed E-state index contributed by atoms with van der Waals surface area (Å²) in [5, 5.41) is 0. The molecule has 1 atom stereocenters. The summed E-state index contributed by atoms with van der Waals surface area (Å²) in [6.45, 7) is 2.10. The molecule has 1 unspecified atom stereocenters. The van der Waals surface area contributed by atoms with Crippen molar-refractivity contribution in [1.82, 2.24) is 5.43 Å². The van der Waals surface area contributed by atoms with Crippen LogP contribution in [0.3, 0.4) is 0 Å². The van der Waals surface area contributed by atoms with Crippen LogP contribution in [0.1, 0.15) is 10.4 Å². The quantitative estimate of drug-likeness (QED) is 0.483. The predicted molar refractivity (Wildman–Crippen MR) is 86.0 cm³/mol. The van der Waals surface area contributed by atoms with Crippen LogP contribution in [0.5, 0.6) is 0 Å². The first kappa shape index (κ1) is 14.9. The van der Waals surface area contributed by atoms with Crippen LogP contribution in [-0.2, 0) is 6.42 Å². The van der Waals surface area contributed by atoms with Gasteiger partial charge in [0, 0.05) is 21.6 Å². The Labute approximate surface area is 127 Å². The molecule has 0 amide bonds. The van der Waals surface area contributed by atoms with E-state index in [4.69, 9.17) is 17.4 Å². The first-order chi connectivity index (χ1) is 9.17. The Morgan fingerprint density at radius 2 is 2.00 bits per heavy atom. The summed E-state index contributed by atoms with van der Waals surface area (Å²) in [5.41, 5.74) is 4.17. The third-order valence-corrected chi connectivity index (χ3v) is 5.21. The Kier molecular flexibility index (Phi) is 5.73. The molecule has 0 aliphatic heterocycles. The fourth-order valence-corrected chi connectivity index (χ4v) is 3.81. The van der Waals surface area contributed by atoms with Crippen LogP contribution < -0.4 is 11.3 Å². The average molecular weight is 313 g/mol. The summed E-state index contributed by atoms with van der Waals surface area (Å²) in [6, 6.07) is 12.8. The molecule has 0 fully saturated rings. The highest BCUT2D eigenvalue weighted by molar-refractivity contribution is 7.99. The van der Waals surface area contributed by atoms with Crippen molar-refractivity contribution < 1.29 is 0 Å². The maximum absolute atomic E-state index is 5.94. The van der Waals surface area contributed by atoms with Gasteiger partial charge in [-0.15, -0.1) is 23.1 Å². The lowest BCUT2D eigenvalue weighted by Crippen LogP contribution is -2.38. The third kappa shape index (κ3) is 4.82. The number of nitrogens with one attached hydrogen (secondary N) is 1. The zero-order valence-corrected chi connectivity index (χ0v) is 13.1. The van der Waals surface area contributed by atoms with Gasteiger partial charge in [0.05, 0.1) is 4.34 Å². The molecule has 2 nitrogen and oxygen atoms in total. The topological polar surface area (TPSA) is 38.0 Å². The highest BCUT2D eigenvalue weighted by atomic mass is 35.5. The van der Waals surface area contributed by atoms with Gasteiger partial charge in [-0.05, 0) is 37.6 Å². The van der Waals surface area contributed by atoms with Crippen molar-refractivity contribution in [2.24, 2.45) is 5.84 Å². The minimum absolute atomic E-state index is 0.251. The Hall–Kier alpha value is -0.520. The molecule has 0 radical (unpaired) electrons. The SMILES string of the molecule is Cc1ccc(SCC(Cc2ccc(Cl)s2)NN)cc1. The molecule has 0 aliphatic rings. The lowest BCUT2D eigenvalue weighted by Gasteiger charge is -2.14. The standard InChI is InChI=1S/C14H17ClN2S2/c1-10-2-4-12(5-3-10)18-9-11(17-16)8-13-6-7-14(15)19-13/h2-7,11,17H,8-9,16H2,1H3. The van der Waals surface area contributed by atoms with Crippen molar-refractivity contribution in [1.29, 1.82) is 0 Å². The fourth-order valence-electron chi connectivity index (χ4n) is 1.70. The normalized spacial score (nSPS) is 12.6. The van der Waals surface area contributed by atoms with Gasteiger partial charge >= 0.3 is 0 Å². The third-order valence-electron chi connectivity index (χ3n) is 2.78. The first-order valence-electron chi connectivity index (χ1n) is 6.07. The van der Waals surface area contributed by atoms with Crippen molar-refractivity contribution in [3.63, 3.8) is 0 Å². The van der Waals surface area contributed by atoms with Gasteiger partial charge in [0.15, 0.2) is 0 Å². The summed E-state index contributed by atoms with van der Waals surface area (Å²) in [7, 11) is 0. The molecule has 1 aromatic heterocycles. The van der Waals surface area contributed by atoms with E-state index in [1.807, 2.05) is 17.8 Å². The van der Waals surface area contributed by atoms with Gasteiger partial charge in [-0.3, -0.25) is 11.3 Å². The summed E-state index contributed by atoms with van der Waals surface area (Å²) < 4.78 is 0.831. The molecule has 19 heavy (non-hydrogen) atoms. The largest absolute Gasteiger partial charge is 0.271 e. The highest BCUT2D eigenvalue weighted by Crippen LogP contribution is 2.24. The van der Waals surface area contributed by atoms with Gasteiger partial charge in [-0.25, -0.2) is 0 Å². The maximum Gasteiger partial charge on any atom is 0.0931 e. The molecule has 5 heteroatoms. The van der Waals surface area contributed by atoms with Gasteiger partial charge in [0.25, 0.3) is 0 Å². The van der Waals surface area contributed by atoms with Crippen molar-refractivity contribution in [2.75, 3.05) is 5.75 Å². The van der Waals surface area contributed by atoms with E-state index in [2.05, 4.69) is 42.7 Å². The number of hydrazine groups is 1. The average Bonchev–Trinajstić information content (AvgIpc) is 2.82. The Balaban J connectivity index is 1.87. The van der Waals surface area contributed by atoms with E-state index in [9.17, 15) is 0 Å². The number of hydrogen-bond acceptors (Lipinski definition) is 4. The second-order valence-electron chi connectivity index (χ2n) is 4.40. The van der Waals surface area contributed by atoms with E-state index in [1.54, 1.807) is 11.3 Å². The Morgan fingerprint density at radius 1 is 1.26 bits per heavy atom. The van der Waals surface area contributed by atoms with Crippen LogP contribution in [0.15, 0.2) is 41.3 Å². The van der Waals surface area contributed by atoms with Gasteiger partial charge < -0.3 is 0 Å². The molecule has 0 aliphatic carbocycles. The van der Waals surface area contributed by atoms with Crippen LogP contribution >= 0.6 is 34.7 Å². The van der Waals surface area contributed by atoms with Crippen molar-refractivity contribution in [2.45, 2.75) is 24.3 Å². The van der Waals surface area contributed by atoms with E-state index < -0.39 is 0 Å². The van der Waals surface area contributed by atoms with Gasteiger partial charge in [0.1, 0.15) is 0 Å². The van der Waals surface area contributed by atoms with Crippen molar-refractivity contribution in [3.8, 4) is 0 Å². The van der Waals surface area contributed by atoms with E-state index >= 15 is 0 Å². The molecule has 0 bridgehead atoms. The zero-order valence-electron chi connectivity index (χ0n) is 10.7. The predicted octanol–water partition coefficient (Wildman–Crippen LogP) is 3.88. The van der Waals surface area contributed by atoms with Crippen LogP contribution in [0.25, 0.3) is 0 Å². The number of halogens is 1. The summed E-state index contributed by atoms with van der Waals surface area (Å²) >= 11 is 9.37. The fraction of sp³-hybridized carbons (Fsp3) is 0.286. The van der Waals surface area contributed by atoms with E-state index in [0.29, 0.717) is 0 Å². The molecule has 0 saturated carbocycles. The summed E-state index contributed by atoms with van der Waals surface area (Å²) in [5.74, 6) is 6.56. The van der Waals surface area contributed by atoms with E-state index in [1.165, 1.54) is 15.3 Å². The second-order valence-corrected chi connectivity index (χ2v) is 7.29. The molecule has 0 saturated heterocycles. The van der Waals surface area contributed by atoms with Crippen molar-refractivity contribution >= 4 is 34.7 Å². The minimum Gasteiger partial charge on any atom is -0.271 e. The number of benzene rings is 1. The number of thioether (sulfide) groups is 1. The van der Waals surface area contributed by atoms with Gasteiger partial charge in [-0.1, -0.05) is 29.3 Å². The molecule has 1 aromatic carbocycles. The number of rotatable bonds is 6. The minimum atomic E-state index is 0.251. The maximum atomic E-state index is 5.94. The summed E-state index contributed by atoms with van der Waals surface area (Å²) in [4.78, 5) is 2.53. The first-order valence-corrected chi connectivity index (χ1v) is 8.25. The van der Waals surface area contributed by atoms with Crippen LogP contribution in [0, 0.1) is 6.92 Å². The molecule has 102 valence electrons. The number of nitrogens with two attached hydrogens (primary N) is 1. The molecule has 0 spiro atoms. The summed E-state index contributed by atoms with van der Waals surface area (Å²) in [6.07, 6.45) is 0.909. The van der Waals surface area contributed by atoms with E-state index in [-0.39, 0.29) is 6.04 Å². The van der Waals surface area contributed by atoms with Gasteiger partial charge in [-0.2, -0.15) is 0 Å². The lowest BCUT2D eigenvalue weighted by atomic mass is 10.2. The highest BCUT2D eigenvalue weighted by Gasteiger charge is 2.10. The molecule has 1 heterocycles. The number of thiophene rings is 1. The zero-order chi connectivity index (χ0) is 13.7. The second kappa shape index (κ2) is 7.31. The Morgan fingerprint density at radius 3 is 2.58 bits per heavy atom. The van der Waals surface area contributed by atoms with Crippen LogP contribution in [-0.4, -0.2) is 11.8 Å². The van der Waals surface area contributed by atoms with Crippen LogP contribution in [0.2, 0.25) is 4.34 Å². The molecule has 3 N–H and O–H groups in total. The monoisotopic (exact) mass is 312 g/mol. The van der Waals surface area contributed by atoms with Crippen LogP contribution in [0.4, 0.5) is 0 Å². The number of aryl methyl sites for hydroxylation is 1. The Bertz CT molecular complexity index is 510. The smallest absolute Gasteiger partial charge is 0.0931 e. The van der Waals surface area contributed by atoms with Crippen molar-refractivity contribution in [3.05, 3.63) is 51.2 Å². The van der Waals surface area contributed by atoms with E-state index in [0.717, 1.165) is 16.5 Å². The molecule has 2 rings (SSSR count). The molecule has 2 aromatic rings. The molecular formula is C14H17ClN2S2. The lowest BCUT2D eigenvalue weighted by molar-refractivity contribution is 0.579. The molecular weight excluding hydrogens is 296 g/mol. The number of hydrogen-bond donors (Lipinski definition) is 2.